The van der Waals surface area contributed by atoms with E-state index in [0.717, 1.165) is 9.80 Å². The van der Waals surface area contributed by atoms with Crippen molar-refractivity contribution < 1.29 is 43.2 Å². The standard InChI is InChI=1S/C45H24N2O9/c48-37(29-15-21-33-35(23-29)44(55)46(42(33)53)31-17-11-27(12-18-31)40(51)38(49)25-7-3-1-4-8-25)30-16-22-34-36(24-30)45(56)47(43(34)54)32-19-13-28(14-20-32)41(52)39(50)26-9-5-2-6-10-26/h1-24H. The first-order valence-electron chi connectivity index (χ1n) is 17.1. The van der Waals surface area contributed by atoms with Crippen LogP contribution in [0.3, 0.4) is 0 Å². The molecule has 11 nitrogen and oxygen atoms in total. The highest BCUT2D eigenvalue weighted by atomic mass is 16.2. The minimum atomic E-state index is -0.751. The van der Waals surface area contributed by atoms with Crippen LogP contribution in [0.1, 0.15) is 98.8 Å². The molecule has 11 heteroatoms. The summed E-state index contributed by atoms with van der Waals surface area (Å²) in [5.41, 5.74) is 1.03. The molecule has 0 N–H and O–H groups in total. The van der Waals surface area contributed by atoms with Crippen molar-refractivity contribution in [2.24, 2.45) is 0 Å². The summed E-state index contributed by atoms with van der Waals surface area (Å²) < 4.78 is 0. The van der Waals surface area contributed by atoms with E-state index in [9.17, 15) is 43.2 Å². The van der Waals surface area contributed by atoms with Gasteiger partial charge in [0.1, 0.15) is 0 Å². The van der Waals surface area contributed by atoms with Gasteiger partial charge in [-0.1, -0.05) is 72.8 Å². The van der Waals surface area contributed by atoms with Gasteiger partial charge in [-0.3, -0.25) is 43.2 Å². The summed E-state index contributed by atoms with van der Waals surface area (Å²) in [7, 11) is 0. The van der Waals surface area contributed by atoms with E-state index in [1.54, 1.807) is 36.4 Å². The van der Waals surface area contributed by atoms with Crippen LogP contribution < -0.4 is 9.80 Å². The number of fused-ring (bicyclic) bond motifs is 2. The van der Waals surface area contributed by atoms with Crippen molar-refractivity contribution in [3.05, 3.63) is 201 Å². The summed E-state index contributed by atoms with van der Waals surface area (Å²) in [6.07, 6.45) is 0. The molecule has 0 unspecified atom stereocenters. The molecule has 56 heavy (non-hydrogen) atoms. The van der Waals surface area contributed by atoms with E-state index >= 15 is 0 Å². The summed E-state index contributed by atoms with van der Waals surface area (Å²) in [5.74, 6) is -6.20. The number of nitrogens with zero attached hydrogens (tertiary/aromatic N) is 2. The minimum absolute atomic E-state index is 0.0359. The molecule has 4 amide bonds. The van der Waals surface area contributed by atoms with Crippen molar-refractivity contribution in [2.45, 2.75) is 0 Å². The highest BCUT2D eigenvalue weighted by Gasteiger charge is 2.39. The molecular formula is C45H24N2O9. The Balaban J connectivity index is 0.986. The first-order chi connectivity index (χ1) is 27.0. The fraction of sp³-hybridized carbons (Fsp3) is 0. The lowest BCUT2D eigenvalue weighted by atomic mass is 9.96. The SMILES string of the molecule is O=C(C(=O)c1ccc(N2C(=O)c3ccc(C(=O)c4ccc5c(c4)C(=O)N(c4ccc(C(=O)C(=O)c6ccccc6)cc4)C5=O)cc3C2=O)cc1)c1ccccc1. The monoisotopic (exact) mass is 736 g/mol. The Morgan fingerprint density at radius 1 is 0.304 bits per heavy atom. The molecule has 0 bridgehead atoms. The lowest BCUT2D eigenvalue weighted by molar-refractivity contribution is 0.0817. The molecule has 2 aliphatic rings. The van der Waals surface area contributed by atoms with Crippen LogP contribution in [0, 0.1) is 0 Å². The molecule has 0 atom stereocenters. The van der Waals surface area contributed by atoms with E-state index < -0.39 is 52.5 Å². The number of Topliss-reactive ketones (excluding diaryl/α,β-unsaturated/α-hetero) is 4. The number of carbonyl (C=O) groups is 9. The van der Waals surface area contributed by atoms with Crippen molar-refractivity contribution >= 4 is 63.9 Å². The Kier molecular flexibility index (Phi) is 8.59. The minimum Gasteiger partial charge on any atom is -0.289 e. The fourth-order valence-electron chi connectivity index (χ4n) is 6.63. The normalized spacial score (nSPS) is 13.1. The molecule has 8 rings (SSSR count). The van der Waals surface area contributed by atoms with Gasteiger partial charge in [-0.25, -0.2) is 9.80 Å². The third-order valence-corrected chi connectivity index (χ3v) is 9.56. The van der Waals surface area contributed by atoms with Crippen LogP contribution in [0.2, 0.25) is 0 Å². The van der Waals surface area contributed by atoms with Gasteiger partial charge in [0.25, 0.3) is 23.6 Å². The number of imide groups is 2. The summed E-state index contributed by atoms with van der Waals surface area (Å²) in [4.78, 5) is 120. The van der Waals surface area contributed by atoms with Crippen LogP contribution in [0.15, 0.2) is 146 Å². The number of rotatable bonds is 10. The maximum absolute atomic E-state index is 13.7. The van der Waals surface area contributed by atoms with Crippen molar-refractivity contribution in [3.63, 3.8) is 0 Å². The second-order valence-electron chi connectivity index (χ2n) is 12.9. The smallest absolute Gasteiger partial charge is 0.266 e. The van der Waals surface area contributed by atoms with Crippen LogP contribution in [0.25, 0.3) is 0 Å². The third-order valence-electron chi connectivity index (χ3n) is 9.56. The Labute approximate surface area is 317 Å². The van der Waals surface area contributed by atoms with Crippen molar-refractivity contribution in [1.82, 2.24) is 0 Å². The quantitative estimate of drug-likeness (QED) is 0.0852. The molecular weight excluding hydrogens is 712 g/mol. The molecule has 0 aromatic heterocycles. The summed E-state index contributed by atoms with van der Waals surface area (Å²) >= 11 is 0. The number of ketones is 5. The number of amides is 4. The zero-order valence-corrected chi connectivity index (χ0v) is 28.9. The van der Waals surface area contributed by atoms with E-state index in [1.165, 1.54) is 109 Å². The van der Waals surface area contributed by atoms with Crippen molar-refractivity contribution in [2.75, 3.05) is 9.80 Å². The molecule has 0 fully saturated rings. The van der Waals surface area contributed by atoms with Crippen LogP contribution in [-0.4, -0.2) is 52.5 Å². The predicted molar refractivity (Wildman–Crippen MR) is 202 cm³/mol. The van der Waals surface area contributed by atoms with E-state index in [4.69, 9.17) is 0 Å². The first-order valence-corrected chi connectivity index (χ1v) is 17.1. The maximum Gasteiger partial charge on any atom is 0.266 e. The molecule has 2 aliphatic heterocycles. The Hall–Kier alpha value is -8.05. The van der Waals surface area contributed by atoms with Gasteiger partial charge in [0, 0.05) is 33.4 Å². The Bertz CT molecular complexity index is 2550. The van der Waals surface area contributed by atoms with Crippen molar-refractivity contribution in [3.8, 4) is 0 Å². The van der Waals surface area contributed by atoms with Crippen LogP contribution in [0.4, 0.5) is 11.4 Å². The molecule has 6 aromatic rings. The van der Waals surface area contributed by atoms with Crippen LogP contribution in [-0.2, 0) is 0 Å². The zero-order valence-electron chi connectivity index (χ0n) is 28.9. The highest BCUT2D eigenvalue weighted by molar-refractivity contribution is 6.50. The van der Waals surface area contributed by atoms with Gasteiger partial charge in [0.05, 0.1) is 33.6 Å². The molecule has 0 spiro atoms. The Morgan fingerprint density at radius 2 is 0.589 bits per heavy atom. The average molecular weight is 737 g/mol. The van der Waals surface area contributed by atoms with Gasteiger partial charge in [0.15, 0.2) is 5.78 Å². The molecule has 0 radical (unpaired) electrons. The zero-order chi connectivity index (χ0) is 39.2. The van der Waals surface area contributed by atoms with Crippen LogP contribution >= 0.6 is 0 Å². The molecule has 6 aromatic carbocycles. The molecule has 0 saturated carbocycles. The number of hydrogen-bond acceptors (Lipinski definition) is 9. The lowest BCUT2D eigenvalue weighted by Gasteiger charge is -2.14. The number of hydrogen-bond donors (Lipinski definition) is 0. The Morgan fingerprint density at radius 3 is 0.929 bits per heavy atom. The maximum atomic E-state index is 13.7. The largest absolute Gasteiger partial charge is 0.289 e. The molecule has 0 aliphatic carbocycles. The topological polar surface area (TPSA) is 160 Å². The fourth-order valence-corrected chi connectivity index (χ4v) is 6.63. The number of anilines is 2. The average Bonchev–Trinajstić information content (AvgIpc) is 3.65. The van der Waals surface area contributed by atoms with Gasteiger partial charge in [-0.05, 0) is 72.8 Å². The van der Waals surface area contributed by atoms with E-state index in [2.05, 4.69) is 0 Å². The first kappa shape index (κ1) is 35.0. The van der Waals surface area contributed by atoms with Crippen LogP contribution in [0.5, 0.6) is 0 Å². The highest BCUT2D eigenvalue weighted by Crippen LogP contribution is 2.32. The lowest BCUT2D eigenvalue weighted by Crippen LogP contribution is -2.29. The van der Waals surface area contributed by atoms with Gasteiger partial charge in [-0.2, -0.15) is 0 Å². The summed E-state index contributed by atoms with van der Waals surface area (Å²) in [5, 5.41) is 0. The van der Waals surface area contributed by atoms with E-state index in [1.807, 2.05) is 0 Å². The molecule has 268 valence electrons. The number of benzene rings is 6. The second kappa shape index (κ2) is 13.7. The van der Waals surface area contributed by atoms with E-state index in [0.29, 0.717) is 0 Å². The number of carbonyl (C=O) groups excluding carboxylic acids is 9. The van der Waals surface area contributed by atoms with Gasteiger partial charge in [0.2, 0.25) is 23.1 Å². The van der Waals surface area contributed by atoms with Gasteiger partial charge < -0.3 is 0 Å². The predicted octanol–water partition coefficient (Wildman–Crippen LogP) is 6.65. The summed E-state index contributed by atoms with van der Waals surface area (Å²) in [6, 6.07) is 35.1. The molecule has 0 saturated heterocycles. The third kappa shape index (κ3) is 5.85. The summed E-state index contributed by atoms with van der Waals surface area (Å²) in [6.45, 7) is 0. The van der Waals surface area contributed by atoms with Gasteiger partial charge >= 0.3 is 0 Å². The molecule has 2 heterocycles. The van der Waals surface area contributed by atoms with Crippen molar-refractivity contribution in [1.29, 1.82) is 0 Å². The van der Waals surface area contributed by atoms with E-state index in [-0.39, 0.29) is 67.0 Å². The second-order valence-corrected chi connectivity index (χ2v) is 12.9. The van der Waals surface area contributed by atoms with Gasteiger partial charge in [-0.15, -0.1) is 0 Å².